The molecule has 0 aromatic heterocycles. The number of ether oxygens (including phenoxy) is 1. The highest BCUT2D eigenvalue weighted by molar-refractivity contribution is 6.04. The average Bonchev–Trinajstić information content (AvgIpc) is 2.47. The Hall–Kier alpha value is -1.92. The van der Waals surface area contributed by atoms with Gasteiger partial charge in [-0.2, -0.15) is 0 Å². The number of carbonyl (C=O) groups is 2. The van der Waals surface area contributed by atoms with Gasteiger partial charge in [-0.3, -0.25) is 9.59 Å². The highest BCUT2D eigenvalue weighted by Gasteiger charge is 2.15. The number of nitrogens with two attached hydrogens (primary N) is 1. The monoisotopic (exact) mass is 279 g/mol. The van der Waals surface area contributed by atoms with Gasteiger partial charge in [-0.25, -0.2) is 0 Å². The molecule has 0 saturated carbocycles. The number of hydrogen-bond donors (Lipinski definition) is 3. The van der Waals surface area contributed by atoms with E-state index in [0.29, 0.717) is 30.8 Å². The van der Waals surface area contributed by atoms with Crippen LogP contribution in [-0.4, -0.2) is 38.1 Å². The average molecular weight is 279 g/mol. The Bertz CT molecular complexity index is 463. The molecule has 1 aromatic carbocycles. The lowest BCUT2D eigenvalue weighted by molar-refractivity contribution is -0.117. The fraction of sp³-hybridized carbons (Fsp3) is 0.429. The second-order valence-electron chi connectivity index (χ2n) is 4.30. The molecule has 1 aromatic rings. The summed E-state index contributed by atoms with van der Waals surface area (Å²) >= 11 is 0. The van der Waals surface area contributed by atoms with Crippen molar-refractivity contribution in [1.82, 2.24) is 5.32 Å². The van der Waals surface area contributed by atoms with Crippen LogP contribution >= 0.6 is 0 Å². The van der Waals surface area contributed by atoms with Crippen LogP contribution in [0.4, 0.5) is 5.69 Å². The van der Waals surface area contributed by atoms with Crippen LogP contribution in [0.25, 0.3) is 0 Å². The van der Waals surface area contributed by atoms with Crippen LogP contribution in [0.3, 0.4) is 0 Å². The molecule has 1 rings (SSSR count). The van der Waals surface area contributed by atoms with E-state index in [-0.39, 0.29) is 11.8 Å². The number of nitrogens with one attached hydrogen (secondary N) is 2. The van der Waals surface area contributed by atoms with E-state index in [2.05, 4.69) is 10.6 Å². The third kappa shape index (κ3) is 4.64. The molecule has 2 amide bonds. The van der Waals surface area contributed by atoms with Gasteiger partial charge in [-0.05, 0) is 18.6 Å². The minimum Gasteiger partial charge on any atom is -0.383 e. The number of carbonyl (C=O) groups excluding carboxylic acids is 2. The van der Waals surface area contributed by atoms with Crippen LogP contribution in [0.1, 0.15) is 23.7 Å². The van der Waals surface area contributed by atoms with Crippen molar-refractivity contribution in [1.29, 1.82) is 0 Å². The van der Waals surface area contributed by atoms with Crippen LogP contribution in [0, 0.1) is 0 Å². The van der Waals surface area contributed by atoms with Gasteiger partial charge < -0.3 is 21.1 Å². The van der Waals surface area contributed by atoms with Gasteiger partial charge in [0.15, 0.2) is 0 Å². The summed E-state index contributed by atoms with van der Waals surface area (Å²) in [6.45, 7) is 2.67. The largest absolute Gasteiger partial charge is 0.383 e. The van der Waals surface area contributed by atoms with Crippen molar-refractivity contribution in [3.05, 3.63) is 29.8 Å². The molecule has 1 atom stereocenters. The van der Waals surface area contributed by atoms with Crippen molar-refractivity contribution in [2.24, 2.45) is 5.73 Å². The lowest BCUT2D eigenvalue weighted by atomic mass is 10.1. The first-order chi connectivity index (χ1) is 9.60. The molecular formula is C14H21N3O3. The molecule has 1 unspecified atom stereocenters. The first-order valence-corrected chi connectivity index (χ1v) is 6.52. The fourth-order valence-electron chi connectivity index (χ4n) is 1.56. The molecular weight excluding hydrogens is 258 g/mol. The summed E-state index contributed by atoms with van der Waals surface area (Å²) in [6, 6.07) is 6.22. The summed E-state index contributed by atoms with van der Waals surface area (Å²) in [4.78, 5) is 23.8. The molecule has 4 N–H and O–H groups in total. The Morgan fingerprint density at radius 3 is 2.70 bits per heavy atom. The van der Waals surface area contributed by atoms with Gasteiger partial charge in [0.2, 0.25) is 5.91 Å². The quantitative estimate of drug-likeness (QED) is 0.642. The van der Waals surface area contributed by atoms with E-state index in [1.807, 2.05) is 6.92 Å². The Morgan fingerprint density at radius 1 is 1.35 bits per heavy atom. The maximum absolute atomic E-state index is 12.0. The lowest BCUT2D eigenvalue weighted by Crippen LogP contribution is -2.35. The number of benzene rings is 1. The Morgan fingerprint density at radius 2 is 2.05 bits per heavy atom. The molecule has 6 heteroatoms. The molecule has 0 heterocycles. The normalized spacial score (nSPS) is 11.8. The maximum Gasteiger partial charge on any atom is 0.253 e. The number of rotatable bonds is 7. The number of methoxy groups -OCH3 is 1. The van der Waals surface area contributed by atoms with Crippen LogP contribution in [0.5, 0.6) is 0 Å². The molecule has 0 fully saturated rings. The van der Waals surface area contributed by atoms with Crippen LogP contribution in [0.15, 0.2) is 24.3 Å². The first-order valence-electron chi connectivity index (χ1n) is 6.52. The summed E-state index contributed by atoms with van der Waals surface area (Å²) in [5.41, 5.74) is 6.52. The Labute approximate surface area is 118 Å². The first kappa shape index (κ1) is 16.1. The van der Waals surface area contributed by atoms with Gasteiger partial charge in [0.25, 0.3) is 5.91 Å². The van der Waals surface area contributed by atoms with E-state index < -0.39 is 6.04 Å². The number of amides is 2. The molecule has 0 bridgehead atoms. The molecule has 0 aliphatic rings. The van der Waals surface area contributed by atoms with Gasteiger partial charge in [0.05, 0.1) is 23.9 Å². The van der Waals surface area contributed by atoms with Gasteiger partial charge >= 0.3 is 0 Å². The fourth-order valence-corrected chi connectivity index (χ4v) is 1.56. The van der Waals surface area contributed by atoms with Crippen molar-refractivity contribution in [2.75, 3.05) is 25.6 Å². The van der Waals surface area contributed by atoms with Crippen molar-refractivity contribution < 1.29 is 14.3 Å². The van der Waals surface area contributed by atoms with E-state index >= 15 is 0 Å². The van der Waals surface area contributed by atoms with E-state index in [1.165, 1.54) is 0 Å². The minimum absolute atomic E-state index is 0.261. The van der Waals surface area contributed by atoms with Gasteiger partial charge in [0.1, 0.15) is 0 Å². The highest BCUT2D eigenvalue weighted by atomic mass is 16.5. The summed E-state index contributed by atoms with van der Waals surface area (Å²) in [7, 11) is 1.56. The van der Waals surface area contributed by atoms with Gasteiger partial charge in [0, 0.05) is 13.7 Å². The standard InChI is InChI=1S/C14H21N3O3/c1-3-11(15)14(19)17-12-7-5-4-6-10(12)13(18)16-8-9-20-2/h4-7,11H,3,8-9,15H2,1-2H3,(H,16,18)(H,17,19). The molecule has 0 spiro atoms. The van der Waals surface area contributed by atoms with Crippen molar-refractivity contribution >= 4 is 17.5 Å². The van der Waals surface area contributed by atoms with Crippen molar-refractivity contribution in [3.8, 4) is 0 Å². The molecule has 0 aliphatic carbocycles. The number of hydrogen-bond acceptors (Lipinski definition) is 4. The molecule has 20 heavy (non-hydrogen) atoms. The van der Waals surface area contributed by atoms with Gasteiger partial charge in [-0.1, -0.05) is 19.1 Å². The summed E-state index contributed by atoms with van der Waals surface area (Å²) < 4.78 is 4.87. The lowest BCUT2D eigenvalue weighted by Gasteiger charge is -2.13. The van der Waals surface area contributed by atoms with Crippen LogP contribution < -0.4 is 16.4 Å². The van der Waals surface area contributed by atoms with E-state index in [9.17, 15) is 9.59 Å². The SMILES string of the molecule is CCC(N)C(=O)Nc1ccccc1C(=O)NCCOC. The summed E-state index contributed by atoms with van der Waals surface area (Å²) in [6.07, 6.45) is 0.536. The third-order valence-electron chi connectivity index (χ3n) is 2.80. The van der Waals surface area contributed by atoms with Crippen molar-refractivity contribution in [2.45, 2.75) is 19.4 Å². The smallest absolute Gasteiger partial charge is 0.253 e. The molecule has 110 valence electrons. The second-order valence-corrected chi connectivity index (χ2v) is 4.30. The molecule has 0 saturated heterocycles. The minimum atomic E-state index is -0.584. The van der Waals surface area contributed by atoms with Crippen LogP contribution in [-0.2, 0) is 9.53 Å². The zero-order valence-electron chi connectivity index (χ0n) is 11.8. The predicted molar refractivity (Wildman–Crippen MR) is 77.5 cm³/mol. The molecule has 6 nitrogen and oxygen atoms in total. The van der Waals surface area contributed by atoms with E-state index in [0.717, 1.165) is 0 Å². The zero-order chi connectivity index (χ0) is 15.0. The predicted octanol–water partition coefficient (Wildman–Crippen LogP) is 0.739. The second kappa shape index (κ2) is 8.29. The van der Waals surface area contributed by atoms with Crippen LogP contribution in [0.2, 0.25) is 0 Å². The third-order valence-corrected chi connectivity index (χ3v) is 2.80. The van der Waals surface area contributed by atoms with E-state index in [4.69, 9.17) is 10.5 Å². The zero-order valence-corrected chi connectivity index (χ0v) is 11.8. The number of para-hydroxylation sites is 1. The molecule has 0 radical (unpaired) electrons. The highest BCUT2D eigenvalue weighted by Crippen LogP contribution is 2.15. The Balaban J connectivity index is 2.77. The Kier molecular flexibility index (Phi) is 6.69. The van der Waals surface area contributed by atoms with E-state index in [1.54, 1.807) is 31.4 Å². The molecule has 0 aliphatic heterocycles. The summed E-state index contributed by atoms with van der Waals surface area (Å²) in [5, 5.41) is 5.39. The maximum atomic E-state index is 12.0. The van der Waals surface area contributed by atoms with Gasteiger partial charge in [-0.15, -0.1) is 0 Å². The number of anilines is 1. The topological polar surface area (TPSA) is 93.5 Å². The summed E-state index contributed by atoms with van der Waals surface area (Å²) in [5.74, 6) is -0.562. The van der Waals surface area contributed by atoms with Crippen molar-refractivity contribution in [3.63, 3.8) is 0 Å².